The molecule has 0 aliphatic carbocycles. The first-order chi connectivity index (χ1) is 11.6. The summed E-state index contributed by atoms with van der Waals surface area (Å²) in [6, 6.07) is 9.30. The molecule has 1 aliphatic rings. The van der Waals surface area contributed by atoms with Gasteiger partial charge in [0.25, 0.3) is 0 Å². The molecule has 24 heavy (non-hydrogen) atoms. The third-order valence-electron chi connectivity index (χ3n) is 3.75. The van der Waals surface area contributed by atoms with Crippen molar-refractivity contribution in [2.75, 3.05) is 13.7 Å². The second-order valence-electron chi connectivity index (χ2n) is 5.08. The van der Waals surface area contributed by atoms with Crippen molar-refractivity contribution >= 4 is 5.97 Å². The molecule has 1 aromatic carbocycles. The molecule has 6 nitrogen and oxygen atoms in total. The highest BCUT2D eigenvalue weighted by Gasteiger charge is 2.38. The van der Waals surface area contributed by atoms with Gasteiger partial charge in [-0.05, 0) is 13.0 Å². The van der Waals surface area contributed by atoms with Gasteiger partial charge in [0.1, 0.15) is 23.2 Å². The summed E-state index contributed by atoms with van der Waals surface area (Å²) >= 11 is 0. The first kappa shape index (κ1) is 17.4. The number of hydrogen-bond acceptors (Lipinski definition) is 6. The van der Waals surface area contributed by atoms with Crippen LogP contribution in [0.15, 0.2) is 47.1 Å². The van der Waals surface area contributed by atoms with Crippen LogP contribution in [0.2, 0.25) is 0 Å². The highest BCUT2D eigenvalue weighted by Crippen LogP contribution is 2.43. The van der Waals surface area contributed by atoms with Crippen LogP contribution >= 0.6 is 0 Å². The van der Waals surface area contributed by atoms with Crippen LogP contribution in [0.3, 0.4) is 0 Å². The lowest BCUT2D eigenvalue weighted by atomic mass is 9.82. The van der Waals surface area contributed by atoms with Gasteiger partial charge in [-0.25, -0.2) is 4.79 Å². The number of benzene rings is 1. The maximum atomic E-state index is 12.4. The van der Waals surface area contributed by atoms with Crippen LogP contribution in [0.5, 0.6) is 5.75 Å². The highest BCUT2D eigenvalue weighted by atomic mass is 16.5. The topological polar surface area (TPSA) is 94.6 Å². The minimum atomic E-state index is -0.686. The SMILES string of the molecule is CCOc1ccccc1C1C(C#N)=C(N)OC(CC)=C1C(=O)OC. The van der Waals surface area contributed by atoms with Crippen molar-refractivity contribution in [1.82, 2.24) is 0 Å². The molecule has 0 saturated heterocycles. The predicted octanol–water partition coefficient (Wildman–Crippen LogP) is 2.73. The van der Waals surface area contributed by atoms with E-state index in [2.05, 4.69) is 6.07 Å². The molecule has 2 rings (SSSR count). The molecular formula is C18H20N2O4. The number of nitriles is 1. The summed E-state index contributed by atoms with van der Waals surface area (Å²) in [4.78, 5) is 12.4. The van der Waals surface area contributed by atoms with Gasteiger partial charge < -0.3 is 19.9 Å². The predicted molar refractivity (Wildman–Crippen MR) is 87.6 cm³/mol. The van der Waals surface area contributed by atoms with Crippen molar-refractivity contribution in [3.05, 3.63) is 52.6 Å². The minimum absolute atomic E-state index is 0.00157. The Kier molecular flexibility index (Phi) is 5.48. The number of carbonyl (C=O) groups is 1. The van der Waals surface area contributed by atoms with E-state index in [1.165, 1.54) is 7.11 Å². The molecule has 1 heterocycles. The second-order valence-corrected chi connectivity index (χ2v) is 5.08. The molecule has 0 fully saturated rings. The molecule has 1 atom stereocenters. The number of allylic oxidation sites excluding steroid dienone is 2. The Bertz CT molecular complexity index is 744. The van der Waals surface area contributed by atoms with Crippen LogP contribution in [0.4, 0.5) is 0 Å². The zero-order valence-corrected chi connectivity index (χ0v) is 14.0. The average Bonchev–Trinajstić information content (AvgIpc) is 2.60. The van der Waals surface area contributed by atoms with Crippen LogP contribution in [-0.4, -0.2) is 19.7 Å². The zero-order chi connectivity index (χ0) is 17.7. The van der Waals surface area contributed by atoms with Crippen LogP contribution in [0.25, 0.3) is 0 Å². The van der Waals surface area contributed by atoms with Crippen LogP contribution in [0.1, 0.15) is 31.7 Å². The van der Waals surface area contributed by atoms with Gasteiger partial charge in [0.15, 0.2) is 0 Å². The Morgan fingerprint density at radius 2 is 2.08 bits per heavy atom. The maximum Gasteiger partial charge on any atom is 0.338 e. The molecule has 126 valence electrons. The number of hydrogen-bond donors (Lipinski definition) is 1. The van der Waals surface area contributed by atoms with Crippen molar-refractivity contribution in [2.45, 2.75) is 26.2 Å². The van der Waals surface area contributed by atoms with Gasteiger partial charge in [-0.1, -0.05) is 25.1 Å². The molecule has 0 saturated carbocycles. The number of esters is 1. The van der Waals surface area contributed by atoms with E-state index in [0.29, 0.717) is 30.1 Å². The molecule has 1 aromatic rings. The van der Waals surface area contributed by atoms with E-state index in [1.807, 2.05) is 32.0 Å². The summed E-state index contributed by atoms with van der Waals surface area (Å²) in [7, 11) is 1.29. The third kappa shape index (κ3) is 3.06. The van der Waals surface area contributed by atoms with Gasteiger partial charge in [-0.3, -0.25) is 0 Å². The average molecular weight is 328 g/mol. The molecule has 0 bridgehead atoms. The fraction of sp³-hybridized carbons (Fsp3) is 0.333. The molecule has 0 aromatic heterocycles. The van der Waals surface area contributed by atoms with Crippen molar-refractivity contribution in [2.24, 2.45) is 5.73 Å². The molecule has 0 amide bonds. The first-order valence-electron chi connectivity index (χ1n) is 7.69. The largest absolute Gasteiger partial charge is 0.494 e. The molecule has 0 radical (unpaired) electrons. The fourth-order valence-electron chi connectivity index (χ4n) is 2.73. The van der Waals surface area contributed by atoms with Gasteiger partial charge in [0.05, 0.1) is 25.2 Å². The lowest BCUT2D eigenvalue weighted by molar-refractivity contribution is -0.136. The summed E-state index contributed by atoms with van der Waals surface area (Å²) in [6.07, 6.45) is 0.442. The second kappa shape index (κ2) is 7.55. The summed E-state index contributed by atoms with van der Waals surface area (Å²) in [5.74, 6) is -0.255. The van der Waals surface area contributed by atoms with Gasteiger partial charge in [-0.15, -0.1) is 0 Å². The first-order valence-corrected chi connectivity index (χ1v) is 7.69. The highest BCUT2D eigenvalue weighted by molar-refractivity contribution is 5.92. The Balaban J connectivity index is 2.72. The molecule has 6 heteroatoms. The lowest BCUT2D eigenvalue weighted by Gasteiger charge is -2.28. The smallest absolute Gasteiger partial charge is 0.338 e. The number of carbonyl (C=O) groups excluding carboxylic acids is 1. The van der Waals surface area contributed by atoms with E-state index < -0.39 is 11.9 Å². The number of nitrogens with zero attached hydrogens (tertiary/aromatic N) is 1. The quantitative estimate of drug-likeness (QED) is 0.835. The third-order valence-corrected chi connectivity index (χ3v) is 3.75. The van der Waals surface area contributed by atoms with E-state index in [-0.39, 0.29) is 17.0 Å². The van der Waals surface area contributed by atoms with E-state index in [9.17, 15) is 10.1 Å². The Labute approximate surface area is 141 Å². The van der Waals surface area contributed by atoms with Crippen molar-refractivity contribution in [1.29, 1.82) is 5.26 Å². The Hall–Kier alpha value is -2.94. The number of ether oxygens (including phenoxy) is 3. The summed E-state index contributed by atoms with van der Waals surface area (Å²) in [6.45, 7) is 4.17. The molecule has 2 N–H and O–H groups in total. The number of nitrogens with two attached hydrogens (primary N) is 1. The normalized spacial score (nSPS) is 17.2. The number of rotatable bonds is 5. The summed E-state index contributed by atoms with van der Waals surface area (Å²) in [5.41, 5.74) is 7.04. The lowest BCUT2D eigenvalue weighted by Crippen LogP contribution is -2.26. The molecular weight excluding hydrogens is 308 g/mol. The Morgan fingerprint density at radius 1 is 1.38 bits per heavy atom. The maximum absolute atomic E-state index is 12.4. The minimum Gasteiger partial charge on any atom is -0.494 e. The van der Waals surface area contributed by atoms with E-state index in [4.69, 9.17) is 19.9 Å². The van der Waals surface area contributed by atoms with Crippen molar-refractivity contribution < 1.29 is 19.0 Å². The van der Waals surface area contributed by atoms with Gasteiger partial charge in [0.2, 0.25) is 5.88 Å². The number of methoxy groups -OCH3 is 1. The van der Waals surface area contributed by atoms with Gasteiger partial charge in [-0.2, -0.15) is 5.26 Å². The molecule has 0 spiro atoms. The van der Waals surface area contributed by atoms with Crippen molar-refractivity contribution in [3.63, 3.8) is 0 Å². The van der Waals surface area contributed by atoms with E-state index >= 15 is 0 Å². The van der Waals surface area contributed by atoms with Crippen LogP contribution < -0.4 is 10.5 Å². The Morgan fingerprint density at radius 3 is 2.67 bits per heavy atom. The molecule has 1 aliphatic heterocycles. The monoisotopic (exact) mass is 328 g/mol. The standard InChI is InChI=1S/C18H20N2O4/c1-4-13-16(18(21)22-3)15(12(10-19)17(20)24-13)11-8-6-7-9-14(11)23-5-2/h6-9,15H,4-5,20H2,1-3H3. The fourth-order valence-corrected chi connectivity index (χ4v) is 2.73. The summed E-state index contributed by atoms with van der Waals surface area (Å²) < 4.78 is 16.1. The van der Waals surface area contributed by atoms with Gasteiger partial charge >= 0.3 is 5.97 Å². The van der Waals surface area contributed by atoms with Crippen molar-refractivity contribution in [3.8, 4) is 11.8 Å². The van der Waals surface area contributed by atoms with E-state index in [0.717, 1.165) is 0 Å². The van der Waals surface area contributed by atoms with Crippen LogP contribution in [0, 0.1) is 11.3 Å². The number of para-hydroxylation sites is 1. The molecule has 1 unspecified atom stereocenters. The summed E-state index contributed by atoms with van der Waals surface area (Å²) in [5, 5.41) is 9.56. The van der Waals surface area contributed by atoms with E-state index in [1.54, 1.807) is 6.07 Å². The van der Waals surface area contributed by atoms with Crippen LogP contribution in [-0.2, 0) is 14.3 Å². The zero-order valence-electron chi connectivity index (χ0n) is 14.0. The van der Waals surface area contributed by atoms with Gasteiger partial charge in [0, 0.05) is 12.0 Å².